The van der Waals surface area contributed by atoms with Crippen LogP contribution in [0.25, 0.3) is 0 Å². The van der Waals surface area contributed by atoms with Crippen LogP contribution >= 0.6 is 0 Å². The summed E-state index contributed by atoms with van der Waals surface area (Å²) in [6, 6.07) is 13.5. The second-order valence-corrected chi connectivity index (χ2v) is 5.22. The number of para-hydroxylation sites is 1. The number of hydrogen-bond donors (Lipinski definition) is 2. The lowest BCUT2D eigenvalue weighted by atomic mass is 10.1. The Kier molecular flexibility index (Phi) is 5.02. The van der Waals surface area contributed by atoms with Gasteiger partial charge in [-0.05, 0) is 31.5 Å². The van der Waals surface area contributed by atoms with Crippen LogP contribution in [-0.4, -0.2) is 15.8 Å². The summed E-state index contributed by atoms with van der Waals surface area (Å²) in [6.45, 7) is 3.31. The highest BCUT2D eigenvalue weighted by Crippen LogP contribution is 2.37. The Morgan fingerprint density at radius 2 is 1.87 bits per heavy atom. The molecule has 120 valence electrons. The van der Waals surface area contributed by atoms with Crippen molar-refractivity contribution in [3.05, 3.63) is 58.6 Å². The Balaban J connectivity index is 2.44. The molecule has 1 unspecified atom stereocenters. The summed E-state index contributed by atoms with van der Waals surface area (Å²) in [4.78, 5) is 10.7. The van der Waals surface area contributed by atoms with Crippen molar-refractivity contribution < 1.29 is 10.0 Å². The Morgan fingerprint density at radius 1 is 1.17 bits per heavy atom. The fourth-order valence-corrected chi connectivity index (χ4v) is 1.86. The molecular weight excluding hydrogens is 296 g/mol. The summed E-state index contributed by atoms with van der Waals surface area (Å²) in [7, 11) is 0. The lowest BCUT2D eigenvalue weighted by Crippen LogP contribution is -2.33. The predicted octanol–water partition coefficient (Wildman–Crippen LogP) is 4.54. The van der Waals surface area contributed by atoms with Crippen LogP contribution in [0, 0.1) is 10.1 Å². The van der Waals surface area contributed by atoms with E-state index >= 15 is 0 Å². The van der Waals surface area contributed by atoms with Gasteiger partial charge in [0, 0.05) is 6.07 Å². The van der Waals surface area contributed by atoms with E-state index in [1.165, 1.54) is 12.1 Å². The highest BCUT2D eigenvalue weighted by Gasteiger charge is 2.25. The molecule has 0 aliphatic carbocycles. The van der Waals surface area contributed by atoms with Gasteiger partial charge in [0.05, 0.1) is 10.6 Å². The van der Waals surface area contributed by atoms with Gasteiger partial charge in [-0.3, -0.25) is 10.1 Å². The molecule has 0 amide bonds. The number of nitrogens with zero attached hydrogens (tertiary/aromatic N) is 3. The van der Waals surface area contributed by atoms with Gasteiger partial charge in [0.1, 0.15) is 17.1 Å². The first-order valence-corrected chi connectivity index (χ1v) is 7.17. The molecule has 0 radical (unpaired) electrons. The molecule has 2 aromatic rings. The molecule has 0 bridgehead atoms. The van der Waals surface area contributed by atoms with Crippen LogP contribution in [0.4, 0.5) is 22.7 Å². The van der Waals surface area contributed by atoms with E-state index in [-0.39, 0.29) is 17.1 Å². The van der Waals surface area contributed by atoms with E-state index in [2.05, 4.69) is 15.5 Å². The van der Waals surface area contributed by atoms with E-state index in [0.29, 0.717) is 12.1 Å². The van der Waals surface area contributed by atoms with Gasteiger partial charge < -0.3 is 10.4 Å². The number of azo groups is 1. The number of nitro groups is 1. The molecule has 0 saturated carbocycles. The minimum atomic E-state index is -1.29. The maximum absolute atomic E-state index is 11.2. The SMILES string of the molecule is CCC(C)(O)Nc1c(N=Nc2ccccc2)cccc1[N+](=O)[O-]. The van der Waals surface area contributed by atoms with Gasteiger partial charge in [-0.15, -0.1) is 5.11 Å². The molecule has 0 aliphatic heterocycles. The third-order valence-electron chi connectivity index (χ3n) is 3.33. The average Bonchev–Trinajstić information content (AvgIpc) is 2.54. The van der Waals surface area contributed by atoms with Crippen LogP contribution in [0.1, 0.15) is 20.3 Å². The molecule has 0 fully saturated rings. The van der Waals surface area contributed by atoms with Gasteiger partial charge in [-0.25, -0.2) is 0 Å². The molecule has 23 heavy (non-hydrogen) atoms. The minimum Gasteiger partial charge on any atom is -0.371 e. The van der Waals surface area contributed by atoms with Crippen molar-refractivity contribution in [2.24, 2.45) is 10.2 Å². The molecule has 2 rings (SSSR count). The molecule has 7 nitrogen and oxygen atoms in total. The second-order valence-electron chi connectivity index (χ2n) is 5.22. The van der Waals surface area contributed by atoms with Gasteiger partial charge in [-0.2, -0.15) is 5.11 Å². The zero-order valence-electron chi connectivity index (χ0n) is 12.9. The van der Waals surface area contributed by atoms with Gasteiger partial charge in [-0.1, -0.05) is 31.2 Å². The largest absolute Gasteiger partial charge is 0.371 e. The van der Waals surface area contributed by atoms with Crippen molar-refractivity contribution >= 4 is 22.7 Å². The van der Waals surface area contributed by atoms with Crippen molar-refractivity contribution in [3.8, 4) is 0 Å². The van der Waals surface area contributed by atoms with Crippen molar-refractivity contribution in [2.75, 3.05) is 5.32 Å². The maximum Gasteiger partial charge on any atom is 0.294 e. The zero-order valence-corrected chi connectivity index (χ0v) is 12.9. The van der Waals surface area contributed by atoms with Crippen LogP contribution in [-0.2, 0) is 0 Å². The fraction of sp³-hybridized carbons (Fsp3) is 0.250. The molecule has 1 atom stereocenters. The highest BCUT2D eigenvalue weighted by atomic mass is 16.6. The number of benzene rings is 2. The van der Waals surface area contributed by atoms with E-state index in [9.17, 15) is 15.2 Å². The molecule has 0 saturated heterocycles. The first-order chi connectivity index (χ1) is 10.9. The minimum absolute atomic E-state index is 0.143. The number of nitro benzene ring substituents is 1. The topological polar surface area (TPSA) is 100 Å². The summed E-state index contributed by atoms with van der Waals surface area (Å²) < 4.78 is 0. The number of anilines is 1. The average molecular weight is 314 g/mol. The van der Waals surface area contributed by atoms with E-state index in [0.717, 1.165) is 0 Å². The molecule has 2 aromatic carbocycles. The lowest BCUT2D eigenvalue weighted by Gasteiger charge is -2.24. The molecule has 0 aromatic heterocycles. The summed E-state index contributed by atoms with van der Waals surface area (Å²) in [5, 5.41) is 32.4. The van der Waals surface area contributed by atoms with Gasteiger partial charge in [0.15, 0.2) is 0 Å². The van der Waals surface area contributed by atoms with Crippen LogP contribution < -0.4 is 5.32 Å². The summed E-state index contributed by atoms with van der Waals surface area (Å²) in [5.74, 6) is 0. The first-order valence-electron chi connectivity index (χ1n) is 7.17. The standard InChI is InChI=1S/C16H18N4O3/c1-3-16(2,21)17-15-13(10-7-11-14(15)20(22)23)19-18-12-8-5-4-6-9-12/h4-11,17,21H,3H2,1-2H3. The maximum atomic E-state index is 11.2. The van der Waals surface area contributed by atoms with E-state index in [1.54, 1.807) is 32.0 Å². The van der Waals surface area contributed by atoms with Crippen molar-refractivity contribution in [3.63, 3.8) is 0 Å². The summed E-state index contributed by atoms with van der Waals surface area (Å²) in [6.07, 6.45) is 0.369. The monoisotopic (exact) mass is 314 g/mol. The Labute approximate surface area is 133 Å². The van der Waals surface area contributed by atoms with Crippen LogP contribution in [0.15, 0.2) is 58.8 Å². The number of aliphatic hydroxyl groups is 1. The first kappa shape index (κ1) is 16.6. The number of hydrogen-bond acceptors (Lipinski definition) is 6. The molecule has 2 N–H and O–H groups in total. The Morgan fingerprint density at radius 3 is 2.48 bits per heavy atom. The van der Waals surface area contributed by atoms with E-state index < -0.39 is 10.6 Å². The predicted molar refractivity (Wildman–Crippen MR) is 88.3 cm³/mol. The Bertz CT molecular complexity index is 715. The molecule has 0 spiro atoms. The van der Waals surface area contributed by atoms with Gasteiger partial charge in [0.2, 0.25) is 0 Å². The van der Waals surface area contributed by atoms with Crippen molar-refractivity contribution in [1.29, 1.82) is 0 Å². The quantitative estimate of drug-likeness (QED) is 0.354. The summed E-state index contributed by atoms with van der Waals surface area (Å²) >= 11 is 0. The lowest BCUT2D eigenvalue weighted by molar-refractivity contribution is -0.384. The molecule has 0 heterocycles. The normalized spacial score (nSPS) is 13.7. The second kappa shape index (κ2) is 6.97. The zero-order chi connectivity index (χ0) is 16.9. The van der Waals surface area contributed by atoms with E-state index in [1.807, 2.05) is 18.2 Å². The fourth-order valence-electron chi connectivity index (χ4n) is 1.86. The number of nitrogens with one attached hydrogen (secondary N) is 1. The van der Waals surface area contributed by atoms with E-state index in [4.69, 9.17) is 0 Å². The number of rotatable bonds is 6. The third kappa shape index (κ3) is 4.33. The highest BCUT2D eigenvalue weighted by molar-refractivity contribution is 5.76. The third-order valence-corrected chi connectivity index (χ3v) is 3.33. The van der Waals surface area contributed by atoms with Gasteiger partial charge >= 0.3 is 0 Å². The smallest absolute Gasteiger partial charge is 0.294 e. The summed E-state index contributed by atoms with van der Waals surface area (Å²) in [5.41, 5.74) is -0.389. The molecular formula is C16H18N4O3. The van der Waals surface area contributed by atoms with Gasteiger partial charge in [0.25, 0.3) is 5.69 Å². The van der Waals surface area contributed by atoms with Crippen molar-refractivity contribution in [2.45, 2.75) is 26.0 Å². The van der Waals surface area contributed by atoms with Crippen LogP contribution in [0.3, 0.4) is 0 Å². The molecule has 0 aliphatic rings. The van der Waals surface area contributed by atoms with Crippen molar-refractivity contribution in [1.82, 2.24) is 0 Å². The Hall–Kier alpha value is -2.80. The van der Waals surface area contributed by atoms with Crippen LogP contribution in [0.2, 0.25) is 0 Å². The molecule has 7 heteroatoms. The van der Waals surface area contributed by atoms with Crippen LogP contribution in [0.5, 0.6) is 0 Å².